The maximum atomic E-state index is 12.4. The van der Waals surface area contributed by atoms with Gasteiger partial charge in [-0.05, 0) is 52.0 Å². The largest absolute Gasteiger partial charge is 0.504 e. The minimum atomic E-state index is -1.10. The van der Waals surface area contributed by atoms with E-state index in [2.05, 4.69) is 52.3 Å². The van der Waals surface area contributed by atoms with E-state index in [-0.39, 0.29) is 32.5 Å². The van der Waals surface area contributed by atoms with Crippen molar-refractivity contribution in [2.75, 3.05) is 0 Å². The van der Waals surface area contributed by atoms with Crippen LogP contribution in [0.25, 0.3) is 11.3 Å². The quantitative estimate of drug-likeness (QED) is 0.338. The molecule has 3 rings (SSSR count). The van der Waals surface area contributed by atoms with Crippen LogP contribution in [0.4, 0.5) is 0 Å². The first-order valence-electron chi connectivity index (χ1n) is 10.1. The summed E-state index contributed by atoms with van der Waals surface area (Å²) in [6.45, 7) is 8.03. The van der Waals surface area contributed by atoms with Gasteiger partial charge in [0.15, 0.2) is 11.4 Å². The molecule has 0 radical (unpaired) electrons. The second-order valence-corrected chi connectivity index (χ2v) is 9.49. The summed E-state index contributed by atoms with van der Waals surface area (Å²) in [5, 5.41) is 28.3. The summed E-state index contributed by atoms with van der Waals surface area (Å²) in [6.07, 6.45) is 0. The van der Waals surface area contributed by atoms with E-state index in [9.17, 15) is 14.7 Å². The van der Waals surface area contributed by atoms with Gasteiger partial charge in [0.1, 0.15) is 5.69 Å². The molecule has 172 valence electrons. The Labute approximate surface area is 200 Å². The number of nitrogens with one attached hydrogen (secondary N) is 1. The van der Waals surface area contributed by atoms with Crippen LogP contribution in [-0.2, 0) is 12.5 Å². The predicted molar refractivity (Wildman–Crippen MR) is 130 cm³/mol. The molecule has 1 heterocycles. The Morgan fingerprint density at radius 1 is 1.12 bits per heavy atom. The predicted octanol–water partition coefficient (Wildman–Crippen LogP) is 4.70. The number of benzene rings is 2. The van der Waals surface area contributed by atoms with Gasteiger partial charge in [-0.2, -0.15) is 10.2 Å². The number of aromatic hydroxyl groups is 1. The standard InChI is InChI=1S/C24H25BrN4O4/c1-13(26-27-22(31)15-8-11-17(23(32)33)18(25)12-15)19-21(30)20(29(5)28-19)14-6-9-16(10-7-14)24(2,3)4/h6-12,30H,1-5H3,(H,27,31)(H,32,33)/b26-13+. The van der Waals surface area contributed by atoms with Crippen molar-refractivity contribution in [3.05, 3.63) is 69.3 Å². The minimum absolute atomic E-state index is 0.0170. The highest BCUT2D eigenvalue weighted by atomic mass is 79.9. The number of halogens is 1. The summed E-state index contributed by atoms with van der Waals surface area (Å²) in [7, 11) is 1.73. The van der Waals surface area contributed by atoms with Gasteiger partial charge < -0.3 is 10.2 Å². The average molecular weight is 513 g/mol. The van der Waals surface area contributed by atoms with Gasteiger partial charge >= 0.3 is 5.97 Å². The minimum Gasteiger partial charge on any atom is -0.504 e. The lowest BCUT2D eigenvalue weighted by Gasteiger charge is -2.19. The van der Waals surface area contributed by atoms with Crippen molar-refractivity contribution >= 4 is 33.5 Å². The number of hydrazone groups is 1. The second kappa shape index (κ2) is 9.19. The van der Waals surface area contributed by atoms with E-state index in [0.29, 0.717) is 11.4 Å². The van der Waals surface area contributed by atoms with Crippen LogP contribution >= 0.6 is 15.9 Å². The summed E-state index contributed by atoms with van der Waals surface area (Å²) in [5.74, 6) is -1.66. The molecular weight excluding hydrogens is 488 g/mol. The van der Waals surface area contributed by atoms with Gasteiger partial charge in [0.25, 0.3) is 5.91 Å². The molecule has 0 spiro atoms. The molecule has 0 unspecified atom stereocenters. The number of rotatable bonds is 5. The third kappa shape index (κ3) is 5.14. The van der Waals surface area contributed by atoms with Crippen molar-refractivity contribution in [1.82, 2.24) is 15.2 Å². The van der Waals surface area contributed by atoms with Gasteiger partial charge in [0.2, 0.25) is 0 Å². The molecule has 0 aliphatic heterocycles. The first-order valence-corrected chi connectivity index (χ1v) is 10.9. The van der Waals surface area contributed by atoms with E-state index in [0.717, 1.165) is 5.56 Å². The Balaban J connectivity index is 1.83. The first-order chi connectivity index (χ1) is 15.4. The van der Waals surface area contributed by atoms with E-state index >= 15 is 0 Å². The van der Waals surface area contributed by atoms with Crippen molar-refractivity contribution in [2.24, 2.45) is 12.1 Å². The lowest BCUT2D eigenvalue weighted by atomic mass is 9.86. The van der Waals surface area contributed by atoms with E-state index in [4.69, 9.17) is 5.11 Å². The number of hydrogen-bond donors (Lipinski definition) is 3. The van der Waals surface area contributed by atoms with E-state index in [1.165, 1.54) is 23.8 Å². The van der Waals surface area contributed by atoms with Gasteiger partial charge in [-0.25, -0.2) is 10.2 Å². The van der Waals surface area contributed by atoms with Crippen LogP contribution in [0, 0.1) is 0 Å². The fourth-order valence-electron chi connectivity index (χ4n) is 3.29. The van der Waals surface area contributed by atoms with Gasteiger partial charge in [-0.1, -0.05) is 45.0 Å². The smallest absolute Gasteiger partial charge is 0.336 e. The molecule has 3 N–H and O–H groups in total. The Morgan fingerprint density at radius 2 is 1.76 bits per heavy atom. The number of aryl methyl sites for hydroxylation is 1. The van der Waals surface area contributed by atoms with Crippen LogP contribution in [0.3, 0.4) is 0 Å². The van der Waals surface area contributed by atoms with E-state index in [1.54, 1.807) is 18.7 Å². The zero-order chi connectivity index (χ0) is 24.5. The van der Waals surface area contributed by atoms with Gasteiger partial charge in [0, 0.05) is 22.6 Å². The third-order valence-electron chi connectivity index (χ3n) is 5.18. The fourth-order valence-corrected chi connectivity index (χ4v) is 3.84. The molecule has 0 fully saturated rings. The average Bonchev–Trinajstić information content (AvgIpc) is 3.04. The molecule has 0 bridgehead atoms. The second-order valence-electron chi connectivity index (χ2n) is 8.63. The summed E-state index contributed by atoms with van der Waals surface area (Å²) >= 11 is 3.15. The number of carbonyl (C=O) groups excluding carboxylic acids is 1. The fraction of sp³-hybridized carbons (Fsp3) is 0.250. The maximum absolute atomic E-state index is 12.4. The highest BCUT2D eigenvalue weighted by Gasteiger charge is 2.21. The van der Waals surface area contributed by atoms with Crippen LogP contribution < -0.4 is 5.43 Å². The summed E-state index contributed by atoms with van der Waals surface area (Å²) in [4.78, 5) is 23.5. The Morgan fingerprint density at radius 3 is 2.30 bits per heavy atom. The molecule has 1 aromatic heterocycles. The van der Waals surface area contributed by atoms with Crippen molar-refractivity contribution in [3.63, 3.8) is 0 Å². The number of nitrogens with zero attached hydrogens (tertiary/aromatic N) is 3. The maximum Gasteiger partial charge on any atom is 0.336 e. The summed E-state index contributed by atoms with van der Waals surface area (Å²) in [5.41, 5.74) is 5.80. The summed E-state index contributed by atoms with van der Waals surface area (Å²) in [6, 6.07) is 12.1. The molecule has 0 saturated carbocycles. The van der Waals surface area contributed by atoms with Crippen LogP contribution in [-0.4, -0.2) is 37.6 Å². The normalized spacial score (nSPS) is 12.0. The monoisotopic (exact) mass is 512 g/mol. The van der Waals surface area contributed by atoms with E-state index in [1.807, 2.05) is 24.3 Å². The van der Waals surface area contributed by atoms with Crippen LogP contribution in [0.2, 0.25) is 0 Å². The van der Waals surface area contributed by atoms with Crippen LogP contribution in [0.15, 0.2) is 52.0 Å². The van der Waals surface area contributed by atoms with Gasteiger partial charge in [-0.15, -0.1) is 0 Å². The number of carboxylic acid groups (broad SMARTS) is 1. The third-order valence-corrected chi connectivity index (χ3v) is 5.83. The zero-order valence-corrected chi connectivity index (χ0v) is 20.6. The van der Waals surface area contributed by atoms with Crippen LogP contribution in [0.5, 0.6) is 5.75 Å². The molecule has 0 aliphatic carbocycles. The zero-order valence-electron chi connectivity index (χ0n) is 19.0. The number of aromatic nitrogens is 2. The molecule has 33 heavy (non-hydrogen) atoms. The Hall–Kier alpha value is -3.46. The van der Waals surface area contributed by atoms with Gasteiger partial charge in [-0.3, -0.25) is 9.48 Å². The van der Waals surface area contributed by atoms with Crippen molar-refractivity contribution < 1.29 is 19.8 Å². The molecule has 1 amide bonds. The molecule has 9 heteroatoms. The first kappa shape index (κ1) is 24.2. The molecule has 8 nitrogen and oxygen atoms in total. The SMILES string of the molecule is C/C(=N\NC(=O)c1ccc(C(=O)O)c(Br)c1)c1nn(C)c(-c2ccc(C(C)(C)C)cc2)c1O. The van der Waals surface area contributed by atoms with Crippen LogP contribution in [0.1, 0.15) is 59.7 Å². The van der Waals surface area contributed by atoms with Gasteiger partial charge in [0.05, 0.1) is 11.3 Å². The lowest BCUT2D eigenvalue weighted by Crippen LogP contribution is -2.19. The van der Waals surface area contributed by atoms with Crippen molar-refractivity contribution in [3.8, 4) is 17.0 Å². The molecule has 3 aromatic rings. The number of carbonyl (C=O) groups is 2. The number of hydrogen-bond acceptors (Lipinski definition) is 5. The highest BCUT2D eigenvalue weighted by molar-refractivity contribution is 9.10. The molecule has 0 aliphatic rings. The molecule has 0 atom stereocenters. The van der Waals surface area contributed by atoms with Crippen molar-refractivity contribution in [2.45, 2.75) is 33.1 Å². The topological polar surface area (TPSA) is 117 Å². The number of amides is 1. The Bertz CT molecular complexity index is 1250. The lowest BCUT2D eigenvalue weighted by molar-refractivity contribution is 0.0695. The molecule has 0 saturated heterocycles. The molecule has 2 aromatic carbocycles. The Kier molecular flexibility index (Phi) is 6.73. The number of carboxylic acids is 1. The number of aromatic carboxylic acids is 1. The van der Waals surface area contributed by atoms with E-state index < -0.39 is 11.9 Å². The molecular formula is C24H25BrN4O4. The highest BCUT2D eigenvalue weighted by Crippen LogP contribution is 2.33. The summed E-state index contributed by atoms with van der Waals surface area (Å²) < 4.78 is 1.85. The van der Waals surface area contributed by atoms with Crippen molar-refractivity contribution in [1.29, 1.82) is 0 Å².